The summed E-state index contributed by atoms with van der Waals surface area (Å²) in [5.41, 5.74) is 3.48. The predicted octanol–water partition coefficient (Wildman–Crippen LogP) is 3.19. The molecule has 0 aliphatic carbocycles. The number of nitrogens with one attached hydrogen (secondary N) is 1. The highest BCUT2D eigenvalue weighted by atomic mass is 32.1. The topological polar surface area (TPSA) is 64.6 Å². The molecule has 4 rings (SSSR count). The van der Waals surface area contributed by atoms with Gasteiger partial charge in [0.25, 0.3) is 0 Å². The van der Waals surface area contributed by atoms with Crippen LogP contribution in [-0.4, -0.2) is 76.4 Å². The molecule has 0 amide bonds. The zero-order valence-electron chi connectivity index (χ0n) is 17.2. The molecule has 2 N–H and O–H groups in total. The van der Waals surface area contributed by atoms with Crippen molar-refractivity contribution in [2.45, 2.75) is 32.6 Å². The molecule has 3 aromatic rings. The van der Waals surface area contributed by atoms with Crippen molar-refractivity contribution in [3.05, 3.63) is 41.4 Å². The molecule has 0 unspecified atom stereocenters. The molecule has 4 heterocycles. The van der Waals surface area contributed by atoms with Crippen molar-refractivity contribution in [3.63, 3.8) is 0 Å². The van der Waals surface area contributed by atoms with Gasteiger partial charge in [0.1, 0.15) is 5.65 Å². The van der Waals surface area contributed by atoms with Crippen LogP contribution in [0.1, 0.15) is 19.4 Å². The van der Waals surface area contributed by atoms with Gasteiger partial charge in [-0.1, -0.05) is 6.07 Å². The summed E-state index contributed by atoms with van der Waals surface area (Å²) in [7, 11) is 0. The molecule has 1 aliphatic rings. The molecule has 1 aliphatic heterocycles. The van der Waals surface area contributed by atoms with Crippen LogP contribution in [0.15, 0.2) is 35.8 Å². The first-order chi connectivity index (χ1) is 14.1. The average Bonchev–Trinajstić information content (AvgIpc) is 3.36. The molecule has 0 bridgehead atoms. The Morgan fingerprint density at radius 2 is 1.97 bits per heavy atom. The van der Waals surface area contributed by atoms with Crippen molar-refractivity contribution >= 4 is 22.4 Å². The first-order valence-electron chi connectivity index (χ1n) is 10.3. The average molecular weight is 415 g/mol. The third-order valence-electron chi connectivity index (χ3n) is 5.38. The van der Waals surface area contributed by atoms with E-state index in [9.17, 15) is 5.11 Å². The molecule has 6 nitrogen and oxygen atoms in total. The molecule has 0 radical (unpaired) electrons. The van der Waals surface area contributed by atoms with Crippen LogP contribution in [0.25, 0.3) is 21.6 Å². The number of hydrogen-bond acceptors (Lipinski definition) is 6. The number of hydrogen-bond donors (Lipinski definition) is 2. The zero-order valence-corrected chi connectivity index (χ0v) is 18.0. The van der Waals surface area contributed by atoms with Gasteiger partial charge in [-0.25, -0.2) is 4.98 Å². The number of aromatic amines is 1. The molecular weight excluding hydrogens is 384 g/mol. The maximum Gasteiger partial charge on any atom is 0.138 e. The van der Waals surface area contributed by atoms with Crippen LogP contribution in [0.3, 0.4) is 0 Å². The van der Waals surface area contributed by atoms with E-state index in [0.717, 1.165) is 38.4 Å². The molecule has 0 spiro atoms. The number of rotatable bonds is 8. The van der Waals surface area contributed by atoms with Crippen molar-refractivity contribution in [2.75, 3.05) is 39.3 Å². The van der Waals surface area contributed by atoms with Crippen molar-refractivity contribution in [1.29, 1.82) is 0 Å². The lowest BCUT2D eigenvalue weighted by atomic mass is 10.1. The summed E-state index contributed by atoms with van der Waals surface area (Å²) in [6.07, 6.45) is 1.58. The van der Waals surface area contributed by atoms with E-state index < -0.39 is 6.10 Å². The summed E-state index contributed by atoms with van der Waals surface area (Å²) < 4.78 is 5.53. The van der Waals surface area contributed by atoms with E-state index in [1.165, 1.54) is 21.5 Å². The van der Waals surface area contributed by atoms with Crippen LogP contribution in [0.5, 0.6) is 0 Å². The fraction of sp³-hybridized carbons (Fsp3) is 0.500. The molecule has 0 aromatic carbocycles. The molecule has 1 saturated heterocycles. The third kappa shape index (κ3) is 5.05. The fourth-order valence-corrected chi connectivity index (χ4v) is 4.63. The summed E-state index contributed by atoms with van der Waals surface area (Å²) in [5.74, 6) is 0. The second-order valence-electron chi connectivity index (χ2n) is 7.97. The summed E-state index contributed by atoms with van der Waals surface area (Å²) in [5, 5.41) is 13.5. The largest absolute Gasteiger partial charge is 0.389 e. The SMILES string of the molecule is CC(C)OC[C@@H](O)CN1CCN(Cc2c(-c3cccs3)[nH]c3ncccc23)CC1. The van der Waals surface area contributed by atoms with E-state index in [4.69, 9.17) is 4.74 Å². The minimum atomic E-state index is -0.422. The molecule has 1 fully saturated rings. The van der Waals surface area contributed by atoms with E-state index >= 15 is 0 Å². The normalized spacial score (nSPS) is 17.4. The van der Waals surface area contributed by atoms with E-state index in [1.807, 2.05) is 26.1 Å². The Morgan fingerprint density at radius 3 is 2.69 bits per heavy atom. The predicted molar refractivity (Wildman–Crippen MR) is 118 cm³/mol. The summed E-state index contributed by atoms with van der Waals surface area (Å²) >= 11 is 1.76. The van der Waals surface area contributed by atoms with Crippen molar-refractivity contribution in [3.8, 4) is 10.6 Å². The number of pyridine rings is 1. The van der Waals surface area contributed by atoms with Crippen molar-refractivity contribution in [1.82, 2.24) is 19.8 Å². The Hall–Kier alpha value is -1.77. The minimum Gasteiger partial charge on any atom is -0.389 e. The fourth-order valence-electron chi connectivity index (χ4n) is 3.88. The van der Waals surface area contributed by atoms with E-state index in [-0.39, 0.29) is 6.10 Å². The number of aliphatic hydroxyl groups is 1. The Bertz CT molecular complexity index is 901. The Labute approximate surface area is 176 Å². The quantitative estimate of drug-likeness (QED) is 0.593. The van der Waals surface area contributed by atoms with Gasteiger partial charge in [0, 0.05) is 56.4 Å². The highest BCUT2D eigenvalue weighted by Crippen LogP contribution is 2.33. The second kappa shape index (κ2) is 9.36. The van der Waals surface area contributed by atoms with Gasteiger partial charge >= 0.3 is 0 Å². The van der Waals surface area contributed by atoms with E-state index in [1.54, 1.807) is 11.3 Å². The number of fused-ring (bicyclic) bond motifs is 1. The highest BCUT2D eigenvalue weighted by Gasteiger charge is 2.22. The monoisotopic (exact) mass is 414 g/mol. The zero-order chi connectivity index (χ0) is 20.2. The van der Waals surface area contributed by atoms with Gasteiger partial charge in [0.05, 0.1) is 29.4 Å². The number of ether oxygens (including phenoxy) is 1. The van der Waals surface area contributed by atoms with Crippen LogP contribution in [0, 0.1) is 0 Å². The third-order valence-corrected chi connectivity index (χ3v) is 6.27. The summed E-state index contributed by atoms with van der Waals surface area (Å²) in [4.78, 5) is 14.1. The smallest absolute Gasteiger partial charge is 0.138 e. The molecule has 1 atom stereocenters. The van der Waals surface area contributed by atoms with Crippen LogP contribution in [-0.2, 0) is 11.3 Å². The molecule has 156 valence electrons. The number of piperazine rings is 1. The Balaban J connectivity index is 1.40. The number of aliphatic hydroxyl groups excluding tert-OH is 1. The summed E-state index contributed by atoms with van der Waals surface area (Å²) in [6, 6.07) is 8.43. The van der Waals surface area contributed by atoms with Crippen LogP contribution in [0.4, 0.5) is 0 Å². The lowest BCUT2D eigenvalue weighted by Gasteiger charge is -2.35. The first kappa shape index (κ1) is 20.5. The first-order valence-corrected chi connectivity index (χ1v) is 11.2. The lowest BCUT2D eigenvalue weighted by molar-refractivity contribution is -0.0148. The standard InChI is InChI=1S/C22H30N4O2S/c1-16(2)28-15-17(27)13-25-8-10-26(11-9-25)14-19-18-5-3-7-23-22(18)24-21(19)20-6-4-12-29-20/h3-7,12,16-17,27H,8-11,13-15H2,1-2H3,(H,23,24)/t17-/m0/s1. The van der Waals surface area contributed by atoms with Crippen LogP contribution < -0.4 is 0 Å². The number of aromatic nitrogens is 2. The number of nitrogens with zero attached hydrogens (tertiary/aromatic N) is 3. The van der Waals surface area contributed by atoms with E-state index in [0.29, 0.717) is 13.2 Å². The number of H-pyrrole nitrogens is 1. The lowest BCUT2D eigenvalue weighted by Crippen LogP contribution is -2.48. The van der Waals surface area contributed by atoms with Gasteiger partial charge in [0.15, 0.2) is 0 Å². The molecule has 7 heteroatoms. The number of thiophene rings is 1. The van der Waals surface area contributed by atoms with Gasteiger partial charge in [-0.2, -0.15) is 0 Å². The van der Waals surface area contributed by atoms with Gasteiger partial charge in [-0.05, 0) is 37.4 Å². The van der Waals surface area contributed by atoms with Gasteiger partial charge in [-0.3, -0.25) is 9.80 Å². The highest BCUT2D eigenvalue weighted by molar-refractivity contribution is 7.13. The van der Waals surface area contributed by atoms with Crippen LogP contribution in [0.2, 0.25) is 0 Å². The maximum atomic E-state index is 10.2. The Kier molecular flexibility index (Phi) is 6.62. The number of β-amino-alcohol motifs (C(OH)–C–C–N with tert-alkyl or cyclic N) is 1. The van der Waals surface area contributed by atoms with Crippen molar-refractivity contribution in [2.24, 2.45) is 0 Å². The Morgan fingerprint density at radius 1 is 1.17 bits per heavy atom. The second-order valence-corrected chi connectivity index (χ2v) is 8.92. The van der Waals surface area contributed by atoms with Gasteiger partial charge in [0.2, 0.25) is 0 Å². The molecule has 0 saturated carbocycles. The van der Waals surface area contributed by atoms with Gasteiger partial charge < -0.3 is 14.8 Å². The molecule has 29 heavy (non-hydrogen) atoms. The summed E-state index contributed by atoms with van der Waals surface area (Å²) in [6.45, 7) is 9.91. The van der Waals surface area contributed by atoms with E-state index in [2.05, 4.69) is 43.3 Å². The van der Waals surface area contributed by atoms with Crippen LogP contribution >= 0.6 is 11.3 Å². The minimum absolute atomic E-state index is 0.157. The van der Waals surface area contributed by atoms with Crippen molar-refractivity contribution < 1.29 is 9.84 Å². The maximum absolute atomic E-state index is 10.2. The van der Waals surface area contributed by atoms with Gasteiger partial charge in [-0.15, -0.1) is 11.3 Å². The molecular formula is C22H30N4O2S. The molecule has 3 aromatic heterocycles.